The van der Waals surface area contributed by atoms with Crippen molar-refractivity contribution in [2.45, 2.75) is 6.42 Å². The predicted molar refractivity (Wildman–Crippen MR) is 64.3 cm³/mol. The Morgan fingerprint density at radius 3 is 2.25 bits per heavy atom. The summed E-state index contributed by atoms with van der Waals surface area (Å²) in [7, 11) is 2.18. The molecule has 0 bridgehead atoms. The lowest BCUT2D eigenvalue weighted by molar-refractivity contribution is -0.385. The number of carbonyl (C=O) groups is 2. The number of ether oxygens (including phenoxy) is 2. The summed E-state index contributed by atoms with van der Waals surface area (Å²) in [6.45, 7) is 0. The number of non-ortho nitro benzene ring substituents is 1. The fourth-order valence-corrected chi connectivity index (χ4v) is 1.64. The third kappa shape index (κ3) is 3.74. The molecule has 1 aromatic rings. The second-order valence-corrected chi connectivity index (χ2v) is 3.88. The molecular formula is C12H12FNO6. The summed E-state index contributed by atoms with van der Waals surface area (Å²) < 4.78 is 22.2. The van der Waals surface area contributed by atoms with Crippen LogP contribution >= 0.6 is 0 Å². The van der Waals surface area contributed by atoms with Crippen LogP contribution in [0.15, 0.2) is 18.2 Å². The van der Waals surface area contributed by atoms with Gasteiger partial charge in [0.2, 0.25) is 0 Å². The predicted octanol–water partition coefficient (Wildman–Crippen LogP) is 1.24. The van der Waals surface area contributed by atoms with Crippen molar-refractivity contribution in [1.82, 2.24) is 0 Å². The van der Waals surface area contributed by atoms with Crippen molar-refractivity contribution in [3.63, 3.8) is 0 Å². The van der Waals surface area contributed by atoms with Gasteiger partial charge in [0, 0.05) is 6.07 Å². The number of nitro benzene ring substituents is 1. The Kier molecular flexibility index (Phi) is 5.13. The highest BCUT2D eigenvalue weighted by atomic mass is 19.1. The first-order chi connectivity index (χ1) is 9.38. The third-order valence-corrected chi connectivity index (χ3v) is 2.56. The van der Waals surface area contributed by atoms with Crippen molar-refractivity contribution < 1.29 is 28.4 Å². The monoisotopic (exact) mass is 285 g/mol. The first kappa shape index (κ1) is 15.5. The van der Waals surface area contributed by atoms with Crippen molar-refractivity contribution in [3.8, 4) is 0 Å². The van der Waals surface area contributed by atoms with Crippen molar-refractivity contribution in [3.05, 3.63) is 39.7 Å². The molecule has 0 atom stereocenters. The highest BCUT2D eigenvalue weighted by molar-refractivity contribution is 5.95. The zero-order valence-corrected chi connectivity index (χ0v) is 10.8. The number of carbonyl (C=O) groups excluding carboxylic acids is 2. The van der Waals surface area contributed by atoms with Crippen LogP contribution in [0.4, 0.5) is 10.1 Å². The number of nitro groups is 1. The lowest BCUT2D eigenvalue weighted by Gasteiger charge is -2.12. The van der Waals surface area contributed by atoms with E-state index in [4.69, 9.17) is 0 Å². The summed E-state index contributed by atoms with van der Waals surface area (Å²) >= 11 is 0. The molecule has 0 heterocycles. The first-order valence-electron chi connectivity index (χ1n) is 5.48. The Morgan fingerprint density at radius 2 is 1.80 bits per heavy atom. The lowest BCUT2D eigenvalue weighted by Crippen LogP contribution is -2.28. The van der Waals surface area contributed by atoms with Crippen LogP contribution in [0.25, 0.3) is 0 Å². The summed E-state index contributed by atoms with van der Waals surface area (Å²) in [5.74, 6) is -3.85. The van der Waals surface area contributed by atoms with Gasteiger partial charge in [0.25, 0.3) is 5.69 Å². The lowest BCUT2D eigenvalue weighted by atomic mass is 9.99. The number of methoxy groups -OCH3 is 2. The van der Waals surface area contributed by atoms with Gasteiger partial charge in [-0.05, 0) is 18.1 Å². The molecule has 0 aliphatic carbocycles. The molecule has 0 fully saturated rings. The summed E-state index contributed by atoms with van der Waals surface area (Å²) in [4.78, 5) is 32.8. The largest absolute Gasteiger partial charge is 0.468 e. The van der Waals surface area contributed by atoms with Crippen LogP contribution in [0.3, 0.4) is 0 Å². The summed E-state index contributed by atoms with van der Waals surface area (Å²) in [6, 6.07) is 2.84. The van der Waals surface area contributed by atoms with Crippen LogP contribution in [-0.4, -0.2) is 31.1 Å². The van der Waals surface area contributed by atoms with Crippen molar-refractivity contribution in [1.29, 1.82) is 0 Å². The van der Waals surface area contributed by atoms with Gasteiger partial charge in [-0.1, -0.05) is 0 Å². The number of benzene rings is 1. The Balaban J connectivity index is 3.07. The van der Waals surface area contributed by atoms with Gasteiger partial charge in [0.1, 0.15) is 5.82 Å². The number of rotatable bonds is 5. The van der Waals surface area contributed by atoms with E-state index in [1.165, 1.54) is 0 Å². The molecule has 1 aromatic carbocycles. The third-order valence-electron chi connectivity index (χ3n) is 2.56. The van der Waals surface area contributed by atoms with E-state index in [-0.39, 0.29) is 12.0 Å². The average molecular weight is 285 g/mol. The van der Waals surface area contributed by atoms with E-state index < -0.39 is 34.3 Å². The smallest absolute Gasteiger partial charge is 0.320 e. The van der Waals surface area contributed by atoms with Crippen LogP contribution in [0, 0.1) is 21.8 Å². The number of halogens is 1. The highest BCUT2D eigenvalue weighted by Gasteiger charge is 2.29. The van der Waals surface area contributed by atoms with Gasteiger partial charge in [-0.2, -0.15) is 0 Å². The molecule has 0 spiro atoms. The second-order valence-electron chi connectivity index (χ2n) is 3.88. The van der Waals surface area contributed by atoms with Crippen LogP contribution in [0.5, 0.6) is 0 Å². The molecule has 0 aromatic heterocycles. The van der Waals surface area contributed by atoms with Crippen LogP contribution in [0.1, 0.15) is 5.56 Å². The fraction of sp³-hybridized carbons (Fsp3) is 0.333. The zero-order valence-electron chi connectivity index (χ0n) is 10.8. The maximum atomic E-state index is 13.3. The molecule has 0 saturated carbocycles. The average Bonchev–Trinajstić information content (AvgIpc) is 2.42. The Labute approximate surface area is 113 Å². The van der Waals surface area contributed by atoms with Crippen LogP contribution in [0.2, 0.25) is 0 Å². The molecule has 8 heteroatoms. The van der Waals surface area contributed by atoms with E-state index in [0.29, 0.717) is 0 Å². The van der Waals surface area contributed by atoms with E-state index >= 15 is 0 Å². The minimum atomic E-state index is -1.30. The highest BCUT2D eigenvalue weighted by Crippen LogP contribution is 2.20. The molecule has 7 nitrogen and oxygen atoms in total. The first-order valence-corrected chi connectivity index (χ1v) is 5.48. The van der Waals surface area contributed by atoms with E-state index in [1.54, 1.807) is 0 Å². The normalized spacial score (nSPS) is 10.2. The molecule has 108 valence electrons. The molecule has 0 unspecified atom stereocenters. The molecule has 0 N–H and O–H groups in total. The van der Waals surface area contributed by atoms with Gasteiger partial charge in [-0.3, -0.25) is 19.7 Å². The van der Waals surface area contributed by atoms with Gasteiger partial charge in [0.05, 0.1) is 25.2 Å². The van der Waals surface area contributed by atoms with Gasteiger partial charge in [-0.15, -0.1) is 0 Å². The van der Waals surface area contributed by atoms with Crippen LogP contribution in [-0.2, 0) is 25.5 Å². The maximum Gasteiger partial charge on any atom is 0.320 e. The fourth-order valence-electron chi connectivity index (χ4n) is 1.64. The zero-order chi connectivity index (χ0) is 15.3. The topological polar surface area (TPSA) is 95.7 Å². The van der Waals surface area contributed by atoms with E-state index in [2.05, 4.69) is 9.47 Å². The quantitative estimate of drug-likeness (QED) is 0.349. The van der Waals surface area contributed by atoms with Crippen molar-refractivity contribution in [2.75, 3.05) is 14.2 Å². The maximum absolute atomic E-state index is 13.3. The summed E-state index contributed by atoms with van der Waals surface area (Å²) in [5, 5.41) is 10.6. The Hall–Kier alpha value is -2.51. The second kappa shape index (κ2) is 6.60. The minimum absolute atomic E-state index is 0.123. The number of hydrogen-bond acceptors (Lipinski definition) is 6. The molecule has 0 amide bonds. The van der Waals surface area contributed by atoms with Crippen molar-refractivity contribution >= 4 is 17.6 Å². The molecule has 0 aliphatic heterocycles. The number of esters is 2. The van der Waals surface area contributed by atoms with Crippen LogP contribution < -0.4 is 0 Å². The summed E-state index contributed by atoms with van der Waals surface area (Å²) in [5.41, 5.74) is -0.342. The molecular weight excluding hydrogens is 273 g/mol. The Morgan fingerprint density at radius 1 is 1.25 bits per heavy atom. The van der Waals surface area contributed by atoms with E-state index in [0.717, 1.165) is 32.4 Å². The van der Waals surface area contributed by atoms with Gasteiger partial charge >= 0.3 is 11.9 Å². The molecule has 0 aliphatic rings. The molecule has 0 radical (unpaired) electrons. The van der Waals surface area contributed by atoms with Gasteiger partial charge in [-0.25, -0.2) is 4.39 Å². The summed E-state index contributed by atoms with van der Waals surface area (Å²) in [6.07, 6.45) is -0.252. The van der Waals surface area contributed by atoms with E-state index in [1.807, 2.05) is 0 Å². The minimum Gasteiger partial charge on any atom is -0.468 e. The molecule has 20 heavy (non-hydrogen) atoms. The molecule has 1 rings (SSSR count). The van der Waals surface area contributed by atoms with Crippen molar-refractivity contribution in [2.24, 2.45) is 5.92 Å². The number of hydrogen-bond donors (Lipinski definition) is 0. The molecule has 0 saturated heterocycles. The van der Waals surface area contributed by atoms with Gasteiger partial charge in [0.15, 0.2) is 5.92 Å². The van der Waals surface area contributed by atoms with E-state index in [9.17, 15) is 24.1 Å². The van der Waals surface area contributed by atoms with Gasteiger partial charge < -0.3 is 9.47 Å². The number of nitrogens with zero attached hydrogens (tertiary/aromatic N) is 1. The SMILES string of the molecule is COC(=O)C(Cc1cc(F)cc([N+](=O)[O-])c1)C(=O)OC. The Bertz CT molecular complexity index is 529. The standard InChI is InChI=1S/C12H12FNO6/c1-19-11(15)10(12(16)20-2)5-7-3-8(13)6-9(4-7)14(17)18/h3-4,6,10H,5H2,1-2H3.